The summed E-state index contributed by atoms with van der Waals surface area (Å²) in [7, 11) is -3.07. The molecule has 0 bridgehead atoms. The number of hydrogen-bond acceptors (Lipinski definition) is 6. The highest BCUT2D eigenvalue weighted by molar-refractivity contribution is 7.91. The first-order valence-corrected chi connectivity index (χ1v) is 12.1. The molecule has 0 spiro atoms. The number of aryl methyl sites for hydroxylation is 2. The fraction of sp³-hybridized carbons (Fsp3) is 0.524. The Kier molecular flexibility index (Phi) is 7.42. The second-order valence-corrected chi connectivity index (χ2v) is 9.77. The molecule has 1 N–H and O–H groups in total. The molecule has 176 valence electrons. The quantitative estimate of drug-likeness (QED) is 0.628. The maximum atomic E-state index is 13.3. The van der Waals surface area contributed by atoms with Crippen LogP contribution in [0.15, 0.2) is 30.6 Å². The zero-order chi connectivity index (χ0) is 23.5. The number of nitrogens with one attached hydrogen (secondary N) is 1. The van der Waals surface area contributed by atoms with Crippen LogP contribution in [-0.4, -0.2) is 48.0 Å². The molecular weight excluding hydrogens is 434 g/mol. The minimum absolute atomic E-state index is 0.207. The van der Waals surface area contributed by atoms with E-state index in [2.05, 4.69) is 10.4 Å². The van der Waals surface area contributed by atoms with Crippen LogP contribution in [0.25, 0.3) is 0 Å². The van der Waals surface area contributed by atoms with Crippen LogP contribution in [0.3, 0.4) is 0 Å². The van der Waals surface area contributed by atoms with Crippen LogP contribution in [0, 0.1) is 5.21 Å². The Labute approximate surface area is 188 Å². The van der Waals surface area contributed by atoms with Gasteiger partial charge in [-0.15, -0.1) is 0 Å². The lowest BCUT2D eigenvalue weighted by Crippen LogP contribution is -2.51. The standard InChI is InChI=1S/C21H30N5O5S/c1-5-16-10-17(15(2)3)12-18(11-16)23-21(27)26(28)32(29,30)25(19-6-8-31-9-7-19)20-13-22-24(4)14-20/h10-15,19H,5-9H2,1-4H3,(H,23,27)/q-1. The average Bonchev–Trinajstić information content (AvgIpc) is 3.18. The van der Waals surface area contributed by atoms with Crippen molar-refractivity contribution in [2.75, 3.05) is 22.8 Å². The zero-order valence-electron chi connectivity index (χ0n) is 18.8. The van der Waals surface area contributed by atoms with Crippen LogP contribution < -0.4 is 9.62 Å². The third kappa shape index (κ3) is 5.22. The van der Waals surface area contributed by atoms with Crippen LogP contribution in [-0.2, 0) is 28.4 Å². The molecule has 0 saturated carbocycles. The van der Waals surface area contributed by atoms with Gasteiger partial charge in [-0.25, -0.2) is 9.10 Å². The summed E-state index contributed by atoms with van der Waals surface area (Å²) in [4.78, 5) is 12.7. The van der Waals surface area contributed by atoms with Crippen molar-refractivity contribution in [3.63, 3.8) is 0 Å². The number of carbonyl (C=O) groups excluding carboxylic acids is 1. The topological polar surface area (TPSA) is 120 Å². The molecule has 3 rings (SSSR count). The van der Waals surface area contributed by atoms with E-state index in [-0.39, 0.29) is 11.6 Å². The molecule has 32 heavy (non-hydrogen) atoms. The van der Waals surface area contributed by atoms with E-state index < -0.39 is 26.8 Å². The number of anilines is 2. The van der Waals surface area contributed by atoms with Gasteiger partial charge in [-0.2, -0.15) is 13.5 Å². The van der Waals surface area contributed by atoms with Gasteiger partial charge < -0.3 is 15.3 Å². The highest BCUT2D eigenvalue weighted by Gasteiger charge is 2.35. The molecule has 1 aromatic carbocycles. The Morgan fingerprint density at radius 1 is 1.31 bits per heavy atom. The Hall–Kier alpha value is -2.63. The highest BCUT2D eigenvalue weighted by atomic mass is 32.2. The molecule has 2 heterocycles. The molecule has 1 fully saturated rings. The molecule has 0 unspecified atom stereocenters. The van der Waals surface area contributed by atoms with Crippen molar-refractivity contribution < 1.29 is 17.9 Å². The molecule has 0 radical (unpaired) electrons. The lowest BCUT2D eigenvalue weighted by Gasteiger charge is -2.39. The maximum Gasteiger partial charge on any atom is 0.326 e. The first kappa shape index (κ1) is 24.0. The van der Waals surface area contributed by atoms with E-state index >= 15 is 0 Å². The Balaban J connectivity index is 1.88. The van der Waals surface area contributed by atoms with Crippen LogP contribution in [0.1, 0.15) is 50.7 Å². The Morgan fingerprint density at radius 3 is 2.56 bits per heavy atom. The number of hydrogen-bond donors (Lipinski definition) is 1. The van der Waals surface area contributed by atoms with Crippen molar-refractivity contribution in [1.29, 1.82) is 0 Å². The first-order valence-electron chi connectivity index (χ1n) is 10.7. The number of amides is 2. The van der Waals surface area contributed by atoms with Gasteiger partial charge in [-0.1, -0.05) is 26.8 Å². The van der Waals surface area contributed by atoms with E-state index in [1.54, 1.807) is 19.2 Å². The van der Waals surface area contributed by atoms with Crippen LogP contribution >= 0.6 is 0 Å². The molecule has 1 aliphatic rings. The van der Waals surface area contributed by atoms with Crippen molar-refractivity contribution >= 4 is 27.6 Å². The molecule has 11 heteroatoms. The van der Waals surface area contributed by atoms with Crippen molar-refractivity contribution in [3.8, 4) is 0 Å². The lowest BCUT2D eigenvalue weighted by atomic mass is 9.99. The van der Waals surface area contributed by atoms with Crippen LogP contribution in [0.2, 0.25) is 0 Å². The smallest absolute Gasteiger partial charge is 0.326 e. The Morgan fingerprint density at radius 2 is 2.00 bits per heavy atom. The van der Waals surface area contributed by atoms with Crippen molar-refractivity contribution in [3.05, 3.63) is 46.9 Å². The number of carbonyl (C=O) groups is 1. The molecule has 10 nitrogen and oxygen atoms in total. The minimum Gasteiger partial charge on any atom is -0.740 e. The summed E-state index contributed by atoms with van der Waals surface area (Å²) in [5.74, 6) is 0.207. The number of nitrogens with zero attached hydrogens (tertiary/aromatic N) is 4. The fourth-order valence-corrected chi connectivity index (χ4v) is 5.02. The van der Waals surface area contributed by atoms with Gasteiger partial charge in [0.25, 0.3) is 0 Å². The summed E-state index contributed by atoms with van der Waals surface area (Å²) in [6.45, 7) is 6.75. The number of rotatable bonds is 7. The second-order valence-electron chi connectivity index (χ2n) is 8.15. The number of aromatic nitrogens is 2. The molecule has 0 aliphatic carbocycles. The highest BCUT2D eigenvalue weighted by Crippen LogP contribution is 2.28. The molecule has 2 aromatic rings. The van der Waals surface area contributed by atoms with Gasteiger partial charge in [0, 0.05) is 32.1 Å². The van der Waals surface area contributed by atoms with Crippen molar-refractivity contribution in [2.45, 2.75) is 52.0 Å². The van der Waals surface area contributed by atoms with E-state index in [9.17, 15) is 18.4 Å². The van der Waals surface area contributed by atoms with E-state index in [1.165, 1.54) is 17.1 Å². The van der Waals surface area contributed by atoms with Crippen LogP contribution in [0.5, 0.6) is 0 Å². The average molecular weight is 465 g/mol. The number of ether oxygens (including phenoxy) is 1. The molecular formula is C21H30N5O5S-. The predicted octanol–water partition coefficient (Wildman–Crippen LogP) is 3.37. The summed E-state index contributed by atoms with van der Waals surface area (Å²) in [6, 6.07) is 3.73. The van der Waals surface area contributed by atoms with Gasteiger partial charge in [0.05, 0.1) is 17.9 Å². The van der Waals surface area contributed by atoms with Gasteiger partial charge >= 0.3 is 16.2 Å². The van der Waals surface area contributed by atoms with Gasteiger partial charge in [-0.3, -0.25) is 9.15 Å². The SMILES string of the molecule is CCc1cc(NC(=O)N([O-])S(=O)(=O)N(c2cnn(C)c2)C2CCOCC2)cc(C(C)C)c1. The van der Waals surface area contributed by atoms with E-state index in [0.29, 0.717) is 31.7 Å². The van der Waals surface area contributed by atoms with Crippen LogP contribution in [0.4, 0.5) is 16.2 Å². The summed E-state index contributed by atoms with van der Waals surface area (Å²) >= 11 is 0. The first-order chi connectivity index (χ1) is 15.1. The number of benzene rings is 1. The van der Waals surface area contributed by atoms with Crippen molar-refractivity contribution in [2.24, 2.45) is 7.05 Å². The van der Waals surface area contributed by atoms with Gasteiger partial charge in [0.2, 0.25) is 0 Å². The molecule has 1 aliphatic heterocycles. The molecule has 1 saturated heterocycles. The summed E-state index contributed by atoms with van der Waals surface area (Å²) in [6.07, 6.45) is 4.40. The largest absolute Gasteiger partial charge is 0.740 e. The number of hydroxylamine groups is 1. The minimum atomic E-state index is -4.71. The predicted molar refractivity (Wildman–Crippen MR) is 123 cm³/mol. The van der Waals surface area contributed by atoms with Gasteiger partial charge in [-0.05, 0) is 48.4 Å². The number of urea groups is 1. The van der Waals surface area contributed by atoms with Gasteiger partial charge in [0.1, 0.15) is 0 Å². The molecule has 1 aromatic heterocycles. The van der Waals surface area contributed by atoms with Crippen molar-refractivity contribution in [1.82, 2.24) is 14.2 Å². The monoisotopic (exact) mass is 464 g/mol. The van der Waals surface area contributed by atoms with E-state index in [4.69, 9.17) is 4.74 Å². The lowest BCUT2D eigenvalue weighted by molar-refractivity contribution is 0.0874. The summed E-state index contributed by atoms with van der Waals surface area (Å²) in [5, 5.41) is 19.3. The summed E-state index contributed by atoms with van der Waals surface area (Å²) in [5.41, 5.74) is 2.57. The normalized spacial score (nSPS) is 15.1. The maximum absolute atomic E-state index is 13.3. The Bertz CT molecular complexity index is 1050. The molecule has 2 amide bonds. The van der Waals surface area contributed by atoms with E-state index in [1.807, 2.05) is 26.8 Å². The summed E-state index contributed by atoms with van der Waals surface area (Å²) < 4.78 is 33.8. The zero-order valence-corrected chi connectivity index (χ0v) is 19.6. The molecule has 0 atom stereocenters. The van der Waals surface area contributed by atoms with Gasteiger partial charge in [0.15, 0.2) is 0 Å². The third-order valence-corrected chi connectivity index (χ3v) is 7.02. The third-order valence-electron chi connectivity index (χ3n) is 5.43. The fourth-order valence-electron chi connectivity index (χ4n) is 3.66. The second kappa shape index (κ2) is 9.88. The van der Waals surface area contributed by atoms with E-state index in [0.717, 1.165) is 21.9 Å².